The van der Waals surface area contributed by atoms with Gasteiger partial charge in [0.25, 0.3) is 0 Å². The first-order valence-corrected chi connectivity index (χ1v) is 7.93. The monoisotopic (exact) mass is 327 g/mol. The molecule has 1 aromatic heterocycles. The highest BCUT2D eigenvalue weighted by atomic mass is 35.5. The summed E-state index contributed by atoms with van der Waals surface area (Å²) in [5, 5.41) is 4.53. The van der Waals surface area contributed by atoms with E-state index in [4.69, 9.17) is 16.3 Å². The Kier molecular flexibility index (Phi) is 4.93. The van der Waals surface area contributed by atoms with Gasteiger partial charge < -0.3 is 10.1 Å². The number of halogens is 1. The number of benzene rings is 2. The molecule has 3 aromatic rings. The van der Waals surface area contributed by atoms with Crippen molar-refractivity contribution in [2.45, 2.75) is 12.8 Å². The lowest BCUT2D eigenvalue weighted by molar-refractivity contribution is 0.415. The average Bonchev–Trinajstić information content (AvgIpc) is 2.58. The fourth-order valence-electron chi connectivity index (χ4n) is 2.49. The molecule has 4 nitrogen and oxygen atoms in total. The van der Waals surface area contributed by atoms with E-state index >= 15 is 0 Å². The molecule has 23 heavy (non-hydrogen) atoms. The molecular formula is C18H18ClN3O. The third-order valence-electron chi connectivity index (χ3n) is 3.65. The summed E-state index contributed by atoms with van der Waals surface area (Å²) in [5.41, 5.74) is 2.11. The van der Waals surface area contributed by atoms with Crippen molar-refractivity contribution in [2.75, 3.05) is 19.0 Å². The van der Waals surface area contributed by atoms with Crippen LogP contribution in [0.5, 0.6) is 5.75 Å². The molecule has 0 saturated carbocycles. The van der Waals surface area contributed by atoms with Crippen LogP contribution in [0.1, 0.15) is 12.0 Å². The molecule has 0 amide bonds. The van der Waals surface area contributed by atoms with Gasteiger partial charge in [-0.2, -0.15) is 0 Å². The lowest BCUT2D eigenvalue weighted by atomic mass is 10.1. The van der Waals surface area contributed by atoms with Crippen molar-refractivity contribution < 1.29 is 4.74 Å². The molecule has 0 saturated heterocycles. The van der Waals surface area contributed by atoms with Gasteiger partial charge in [-0.3, -0.25) is 0 Å². The molecule has 0 aliphatic heterocycles. The van der Waals surface area contributed by atoms with E-state index < -0.39 is 0 Å². The smallest absolute Gasteiger partial charge is 0.224 e. The first-order valence-electron chi connectivity index (χ1n) is 7.55. The number of rotatable bonds is 6. The largest absolute Gasteiger partial charge is 0.497 e. The Morgan fingerprint density at radius 3 is 2.70 bits per heavy atom. The number of nitrogens with one attached hydrogen (secondary N) is 1. The highest BCUT2D eigenvalue weighted by Gasteiger charge is 2.07. The number of hydrogen-bond acceptors (Lipinski definition) is 4. The van der Waals surface area contributed by atoms with E-state index in [-0.39, 0.29) is 5.28 Å². The summed E-state index contributed by atoms with van der Waals surface area (Å²) in [5.74, 6) is 1.51. The van der Waals surface area contributed by atoms with Crippen LogP contribution in [-0.4, -0.2) is 23.6 Å². The molecule has 118 valence electrons. The van der Waals surface area contributed by atoms with Gasteiger partial charge in [-0.15, -0.1) is 0 Å². The number of methoxy groups -OCH3 is 1. The molecule has 0 fully saturated rings. The van der Waals surface area contributed by atoms with Gasteiger partial charge in [0.05, 0.1) is 12.6 Å². The predicted molar refractivity (Wildman–Crippen MR) is 94.4 cm³/mol. The summed E-state index contributed by atoms with van der Waals surface area (Å²) in [6.07, 6.45) is 2.04. The van der Waals surface area contributed by atoms with Crippen LogP contribution in [0.2, 0.25) is 5.28 Å². The lowest BCUT2D eigenvalue weighted by Crippen LogP contribution is -2.06. The highest BCUT2D eigenvalue weighted by Crippen LogP contribution is 2.25. The third-order valence-corrected chi connectivity index (χ3v) is 3.82. The molecule has 0 bridgehead atoms. The van der Waals surface area contributed by atoms with Gasteiger partial charge in [0.2, 0.25) is 5.28 Å². The topological polar surface area (TPSA) is 47.0 Å². The number of fused-ring (bicyclic) bond motifs is 1. The molecule has 0 unspecified atom stereocenters. The fraction of sp³-hybridized carbons (Fsp3) is 0.222. The Morgan fingerprint density at radius 2 is 1.91 bits per heavy atom. The summed E-state index contributed by atoms with van der Waals surface area (Å²) in [6, 6.07) is 16.1. The maximum Gasteiger partial charge on any atom is 0.224 e. The Labute approximate surface area is 140 Å². The number of aromatic nitrogens is 2. The third kappa shape index (κ3) is 3.90. The summed E-state index contributed by atoms with van der Waals surface area (Å²) in [7, 11) is 1.63. The molecular weight excluding hydrogens is 310 g/mol. The van der Waals surface area contributed by atoms with Crippen LogP contribution in [0, 0.1) is 0 Å². The molecule has 0 atom stereocenters. The van der Waals surface area contributed by atoms with E-state index in [2.05, 4.69) is 39.6 Å². The molecule has 1 heterocycles. The second-order valence-electron chi connectivity index (χ2n) is 5.24. The Balaban J connectivity index is 1.70. The molecule has 3 rings (SSSR count). The van der Waals surface area contributed by atoms with Crippen LogP contribution in [0.3, 0.4) is 0 Å². The quantitative estimate of drug-likeness (QED) is 0.540. The first-order chi connectivity index (χ1) is 11.3. The Morgan fingerprint density at radius 1 is 1.09 bits per heavy atom. The minimum absolute atomic E-state index is 0.233. The average molecular weight is 328 g/mol. The zero-order valence-corrected chi connectivity index (χ0v) is 13.7. The van der Waals surface area contributed by atoms with Crippen LogP contribution < -0.4 is 10.1 Å². The van der Waals surface area contributed by atoms with Crippen LogP contribution in [0.15, 0.2) is 48.5 Å². The van der Waals surface area contributed by atoms with E-state index in [1.54, 1.807) is 7.11 Å². The van der Waals surface area contributed by atoms with Gasteiger partial charge in [0.15, 0.2) is 0 Å². The van der Waals surface area contributed by atoms with Crippen LogP contribution in [-0.2, 0) is 6.42 Å². The highest BCUT2D eigenvalue weighted by molar-refractivity contribution is 6.28. The van der Waals surface area contributed by atoms with Crippen molar-refractivity contribution in [3.8, 4) is 5.75 Å². The first kappa shape index (κ1) is 15.6. The molecule has 2 aromatic carbocycles. The lowest BCUT2D eigenvalue weighted by Gasteiger charge is -2.10. The normalized spacial score (nSPS) is 10.7. The maximum absolute atomic E-state index is 6.03. The van der Waals surface area contributed by atoms with Gasteiger partial charge >= 0.3 is 0 Å². The van der Waals surface area contributed by atoms with Crippen molar-refractivity contribution in [2.24, 2.45) is 0 Å². The zero-order chi connectivity index (χ0) is 16.1. The Bertz CT molecular complexity index is 793. The maximum atomic E-state index is 6.03. The van der Waals surface area contributed by atoms with Crippen LogP contribution in [0.25, 0.3) is 10.9 Å². The summed E-state index contributed by atoms with van der Waals surface area (Å²) < 4.78 is 5.23. The molecule has 0 aliphatic rings. The van der Waals surface area contributed by atoms with Crippen molar-refractivity contribution in [1.82, 2.24) is 9.97 Å². The predicted octanol–water partition coefficient (Wildman–Crippen LogP) is 4.34. The number of nitrogens with zero attached hydrogens (tertiary/aromatic N) is 2. The molecule has 5 heteroatoms. The SMILES string of the molecule is COc1ccc2c(NCCCc3ccccc3)nc(Cl)nc2c1. The van der Waals surface area contributed by atoms with Gasteiger partial charge in [0.1, 0.15) is 11.6 Å². The van der Waals surface area contributed by atoms with Crippen molar-refractivity contribution in [1.29, 1.82) is 0 Å². The molecule has 0 aliphatic carbocycles. The van der Waals surface area contributed by atoms with Crippen molar-refractivity contribution >= 4 is 28.3 Å². The molecule has 1 N–H and O–H groups in total. The Hall–Kier alpha value is -2.33. The van der Waals surface area contributed by atoms with Crippen LogP contribution in [0.4, 0.5) is 5.82 Å². The van der Waals surface area contributed by atoms with E-state index in [0.29, 0.717) is 0 Å². The number of ether oxygens (including phenoxy) is 1. The second-order valence-corrected chi connectivity index (χ2v) is 5.58. The number of aryl methyl sites for hydroxylation is 1. The van der Waals surface area contributed by atoms with E-state index in [9.17, 15) is 0 Å². The number of anilines is 1. The van der Waals surface area contributed by atoms with E-state index in [1.165, 1.54) is 5.56 Å². The molecule has 0 radical (unpaired) electrons. The van der Waals surface area contributed by atoms with Crippen LogP contribution >= 0.6 is 11.6 Å². The minimum atomic E-state index is 0.233. The standard InChI is InChI=1S/C18H18ClN3O/c1-23-14-9-10-15-16(12-14)21-18(19)22-17(15)20-11-5-8-13-6-3-2-4-7-13/h2-4,6-7,9-10,12H,5,8,11H2,1H3,(H,20,21,22). The fourth-order valence-corrected chi connectivity index (χ4v) is 2.66. The summed E-state index contributed by atoms with van der Waals surface area (Å²) >= 11 is 6.03. The van der Waals surface area contributed by atoms with Gasteiger partial charge in [0, 0.05) is 18.0 Å². The van der Waals surface area contributed by atoms with Gasteiger partial charge in [-0.25, -0.2) is 9.97 Å². The van der Waals surface area contributed by atoms with Crippen molar-refractivity contribution in [3.63, 3.8) is 0 Å². The minimum Gasteiger partial charge on any atom is -0.497 e. The zero-order valence-electron chi connectivity index (χ0n) is 12.9. The van der Waals surface area contributed by atoms with E-state index in [0.717, 1.165) is 41.9 Å². The van der Waals surface area contributed by atoms with Crippen molar-refractivity contribution in [3.05, 3.63) is 59.4 Å². The summed E-state index contributed by atoms with van der Waals surface area (Å²) in [4.78, 5) is 8.56. The number of hydrogen-bond donors (Lipinski definition) is 1. The van der Waals surface area contributed by atoms with Gasteiger partial charge in [-0.05, 0) is 42.1 Å². The second kappa shape index (κ2) is 7.29. The van der Waals surface area contributed by atoms with Gasteiger partial charge in [-0.1, -0.05) is 30.3 Å². The molecule has 0 spiro atoms. The summed E-state index contributed by atoms with van der Waals surface area (Å²) in [6.45, 7) is 0.823. The van der Waals surface area contributed by atoms with E-state index in [1.807, 2.05) is 24.3 Å².